The number of nitrogens with zero attached hydrogens (tertiary/aromatic N) is 1. The number of benzene rings is 9. The quantitative estimate of drug-likeness (QED) is 0.149. The van der Waals surface area contributed by atoms with Gasteiger partial charge in [-0.25, -0.2) is 0 Å². The minimum Gasteiger partial charge on any atom is -0.310 e. The molecule has 0 amide bonds. The summed E-state index contributed by atoms with van der Waals surface area (Å²) in [6, 6.07) is 83.3. The molecule has 2 aliphatic carbocycles. The minimum absolute atomic E-state index is 0.523. The third-order valence-corrected chi connectivity index (χ3v) is 12.9. The standard InChI is InChI=1S/C59H45N/c1-5-20-43(21-6-1)51-29-15-16-30-52(51)44-35-37-50(38-36-44)60(49-27-11-4-12-28-49)58-41-57-55(40-54(58)46-34-33-42-19-13-14-22-45(42)39-46)53-31-17-18-32-56(53)59(57,47-23-7-2-8-24-47)48-25-9-3-10-26-48/h1-12,15-18,20-21,23-41H,13-14,19,22H2. The summed E-state index contributed by atoms with van der Waals surface area (Å²) in [5.41, 5.74) is 20.9. The highest BCUT2D eigenvalue weighted by atomic mass is 15.1. The van der Waals surface area contributed by atoms with Gasteiger partial charge in [0.2, 0.25) is 0 Å². The highest BCUT2D eigenvalue weighted by molar-refractivity contribution is 5.97. The second-order valence-electron chi connectivity index (χ2n) is 16.3. The molecule has 0 unspecified atom stereocenters. The van der Waals surface area contributed by atoms with Crippen LogP contribution in [-0.2, 0) is 18.3 Å². The highest BCUT2D eigenvalue weighted by Crippen LogP contribution is 2.59. The molecule has 0 heterocycles. The molecule has 2 aliphatic rings. The maximum atomic E-state index is 2.54. The Balaban J connectivity index is 1.18. The first-order chi connectivity index (χ1) is 29.8. The van der Waals surface area contributed by atoms with Gasteiger partial charge >= 0.3 is 0 Å². The van der Waals surface area contributed by atoms with E-state index in [2.05, 4.69) is 229 Å². The van der Waals surface area contributed by atoms with E-state index in [4.69, 9.17) is 0 Å². The van der Waals surface area contributed by atoms with E-state index in [1.54, 1.807) is 0 Å². The third-order valence-electron chi connectivity index (χ3n) is 12.9. The van der Waals surface area contributed by atoms with Gasteiger partial charge in [-0.2, -0.15) is 0 Å². The van der Waals surface area contributed by atoms with E-state index in [-0.39, 0.29) is 0 Å². The monoisotopic (exact) mass is 767 g/mol. The van der Waals surface area contributed by atoms with Gasteiger partial charge in [0, 0.05) is 16.9 Å². The van der Waals surface area contributed by atoms with E-state index in [0.717, 1.165) is 29.9 Å². The van der Waals surface area contributed by atoms with E-state index in [9.17, 15) is 0 Å². The van der Waals surface area contributed by atoms with Crippen molar-refractivity contribution in [1.82, 2.24) is 0 Å². The molecule has 0 bridgehead atoms. The molecule has 0 aliphatic heterocycles. The zero-order valence-corrected chi connectivity index (χ0v) is 33.6. The predicted molar refractivity (Wildman–Crippen MR) is 251 cm³/mol. The van der Waals surface area contributed by atoms with Crippen molar-refractivity contribution in [2.75, 3.05) is 4.90 Å². The van der Waals surface area contributed by atoms with Gasteiger partial charge in [-0.15, -0.1) is 0 Å². The molecular weight excluding hydrogens is 723 g/mol. The largest absolute Gasteiger partial charge is 0.310 e. The number of fused-ring (bicyclic) bond motifs is 4. The minimum atomic E-state index is -0.523. The first-order valence-corrected chi connectivity index (χ1v) is 21.4. The Kier molecular flexibility index (Phi) is 9.09. The van der Waals surface area contributed by atoms with Gasteiger partial charge in [0.05, 0.1) is 11.1 Å². The van der Waals surface area contributed by atoms with Crippen LogP contribution in [0.5, 0.6) is 0 Å². The van der Waals surface area contributed by atoms with Gasteiger partial charge in [-0.3, -0.25) is 0 Å². The van der Waals surface area contributed by atoms with Crippen LogP contribution in [0.3, 0.4) is 0 Å². The average Bonchev–Trinajstić information content (AvgIpc) is 3.62. The Bertz CT molecular complexity index is 2910. The molecule has 0 spiro atoms. The summed E-state index contributed by atoms with van der Waals surface area (Å²) in [5, 5.41) is 0. The van der Waals surface area contributed by atoms with Crippen LogP contribution in [0.2, 0.25) is 0 Å². The third kappa shape index (κ3) is 6.00. The molecule has 60 heavy (non-hydrogen) atoms. The van der Waals surface area contributed by atoms with E-state index in [1.165, 1.54) is 90.7 Å². The van der Waals surface area contributed by atoms with Crippen LogP contribution in [0.15, 0.2) is 224 Å². The molecule has 0 fully saturated rings. The fourth-order valence-electron chi connectivity index (χ4n) is 10.2. The van der Waals surface area contributed by atoms with Gasteiger partial charge in [-0.05, 0) is 134 Å². The van der Waals surface area contributed by atoms with Crippen LogP contribution in [0.1, 0.15) is 46.2 Å². The molecule has 11 rings (SSSR count). The van der Waals surface area contributed by atoms with Crippen molar-refractivity contribution in [2.24, 2.45) is 0 Å². The normalized spacial score (nSPS) is 13.5. The number of hydrogen-bond donors (Lipinski definition) is 0. The molecule has 0 saturated carbocycles. The van der Waals surface area contributed by atoms with Crippen LogP contribution in [-0.4, -0.2) is 0 Å². The van der Waals surface area contributed by atoms with Crippen LogP contribution in [0, 0.1) is 0 Å². The van der Waals surface area contributed by atoms with E-state index in [1.807, 2.05) is 0 Å². The van der Waals surface area contributed by atoms with Crippen molar-refractivity contribution in [3.05, 3.63) is 258 Å². The number of aryl methyl sites for hydroxylation is 2. The number of para-hydroxylation sites is 1. The Morgan fingerprint density at radius 3 is 1.47 bits per heavy atom. The molecule has 1 nitrogen and oxygen atoms in total. The smallest absolute Gasteiger partial charge is 0.0714 e. The van der Waals surface area contributed by atoms with Crippen molar-refractivity contribution in [3.63, 3.8) is 0 Å². The predicted octanol–water partition coefficient (Wildman–Crippen LogP) is 15.4. The Morgan fingerprint density at radius 1 is 0.317 bits per heavy atom. The van der Waals surface area contributed by atoms with Crippen molar-refractivity contribution < 1.29 is 0 Å². The molecule has 9 aromatic rings. The van der Waals surface area contributed by atoms with E-state index in [0.29, 0.717) is 0 Å². The van der Waals surface area contributed by atoms with Crippen LogP contribution < -0.4 is 4.90 Å². The summed E-state index contributed by atoms with van der Waals surface area (Å²) in [4.78, 5) is 2.49. The lowest BCUT2D eigenvalue weighted by Gasteiger charge is -2.35. The van der Waals surface area contributed by atoms with Crippen molar-refractivity contribution >= 4 is 17.1 Å². The van der Waals surface area contributed by atoms with Crippen LogP contribution in [0.4, 0.5) is 17.1 Å². The Morgan fingerprint density at radius 2 is 0.817 bits per heavy atom. The summed E-state index contributed by atoms with van der Waals surface area (Å²) in [7, 11) is 0. The molecule has 1 heteroatoms. The zero-order chi connectivity index (χ0) is 39.9. The second-order valence-corrected chi connectivity index (χ2v) is 16.3. The first kappa shape index (κ1) is 35.9. The topological polar surface area (TPSA) is 3.24 Å². The average molecular weight is 768 g/mol. The molecule has 0 saturated heterocycles. The molecule has 0 radical (unpaired) electrons. The summed E-state index contributed by atoms with van der Waals surface area (Å²) in [6.45, 7) is 0. The number of anilines is 3. The van der Waals surface area contributed by atoms with E-state index < -0.39 is 5.41 Å². The van der Waals surface area contributed by atoms with Gasteiger partial charge < -0.3 is 4.90 Å². The van der Waals surface area contributed by atoms with Gasteiger partial charge in [0.25, 0.3) is 0 Å². The molecule has 0 N–H and O–H groups in total. The number of hydrogen-bond acceptors (Lipinski definition) is 1. The summed E-state index contributed by atoms with van der Waals surface area (Å²) < 4.78 is 0. The fourth-order valence-corrected chi connectivity index (χ4v) is 10.2. The summed E-state index contributed by atoms with van der Waals surface area (Å²) >= 11 is 0. The second kappa shape index (κ2) is 15.2. The fraction of sp³-hybridized carbons (Fsp3) is 0.0847. The van der Waals surface area contributed by atoms with Crippen molar-refractivity contribution in [1.29, 1.82) is 0 Å². The lowest BCUT2D eigenvalue weighted by Crippen LogP contribution is -2.28. The lowest BCUT2D eigenvalue weighted by atomic mass is 9.67. The van der Waals surface area contributed by atoms with Gasteiger partial charge in [-0.1, -0.05) is 188 Å². The van der Waals surface area contributed by atoms with Gasteiger partial charge in [0.1, 0.15) is 0 Å². The molecular formula is C59H45N. The molecule has 286 valence electrons. The van der Waals surface area contributed by atoms with E-state index >= 15 is 0 Å². The zero-order valence-electron chi connectivity index (χ0n) is 33.6. The highest BCUT2D eigenvalue weighted by Gasteiger charge is 2.46. The summed E-state index contributed by atoms with van der Waals surface area (Å²) in [6.07, 6.45) is 4.80. The lowest BCUT2D eigenvalue weighted by molar-refractivity contribution is 0.686. The maximum Gasteiger partial charge on any atom is 0.0714 e. The summed E-state index contributed by atoms with van der Waals surface area (Å²) in [5.74, 6) is 0. The Hall–Kier alpha value is -7.22. The van der Waals surface area contributed by atoms with Gasteiger partial charge in [0.15, 0.2) is 0 Å². The van der Waals surface area contributed by atoms with Crippen LogP contribution >= 0.6 is 0 Å². The Labute approximate surface area is 353 Å². The molecule has 0 aromatic heterocycles. The SMILES string of the molecule is c1ccc(-c2ccccc2-c2ccc(N(c3ccccc3)c3cc4c(cc3-c3ccc5c(c3)CCCC5)-c3ccccc3C4(c3ccccc3)c3ccccc3)cc2)cc1. The number of rotatable bonds is 8. The van der Waals surface area contributed by atoms with Crippen molar-refractivity contribution in [2.45, 2.75) is 31.1 Å². The van der Waals surface area contributed by atoms with Crippen molar-refractivity contribution in [3.8, 4) is 44.5 Å². The molecule has 0 atom stereocenters. The maximum absolute atomic E-state index is 2.54. The van der Waals surface area contributed by atoms with Crippen LogP contribution in [0.25, 0.3) is 44.5 Å². The molecule has 9 aromatic carbocycles. The first-order valence-electron chi connectivity index (χ1n) is 21.4.